The van der Waals surface area contributed by atoms with Gasteiger partial charge in [-0.15, -0.1) is 0 Å². The van der Waals surface area contributed by atoms with E-state index in [2.05, 4.69) is 53.7 Å². The molecule has 0 saturated carbocycles. The second kappa shape index (κ2) is 34.9. The summed E-state index contributed by atoms with van der Waals surface area (Å²) < 4.78 is 30.7. The third kappa shape index (κ3) is 28.9. The topological polar surface area (TPSA) is 167 Å². The summed E-state index contributed by atoms with van der Waals surface area (Å²) in [4.78, 5) is 35.0. The Labute approximate surface area is 389 Å². The quantitative estimate of drug-likeness (QED) is 0.0273. The standard InChI is InChI=1S/C18H28O4.C18H26O4.C17H26O4/c2*1-14(2)8-6-4-5-7-9-18(20)22-13-15-10-11-16(19)17(12-15)21-3;1-13(2)7-5-4-6-8-17(19)21-12-14-9-10-15(18)16(11-14)20-3/h10-12,14,19H,4-9,13H2,1-3H3;6,8,10-12,14,19H,4-5,7,9,13H2,1-3H3;9-11,13,18H,4-8,12H2,1-3H3/b;8-6+;. The number of phenolic OH excluding ortho intramolecular Hbond substituents is 3. The second-order valence-corrected chi connectivity index (χ2v) is 17.3. The zero-order valence-electron chi connectivity index (χ0n) is 40.8. The average Bonchev–Trinajstić information content (AvgIpc) is 3.27. The van der Waals surface area contributed by atoms with Gasteiger partial charge in [0, 0.05) is 19.3 Å². The molecular formula is C53H80O12. The van der Waals surface area contributed by atoms with Gasteiger partial charge in [-0.1, -0.05) is 117 Å². The molecule has 0 spiro atoms. The molecule has 0 fully saturated rings. The molecule has 0 radical (unpaired) electrons. The molecule has 0 atom stereocenters. The third-order valence-corrected chi connectivity index (χ3v) is 10.0. The lowest BCUT2D eigenvalue weighted by atomic mass is 10.0. The minimum Gasteiger partial charge on any atom is -0.504 e. The van der Waals surface area contributed by atoms with Gasteiger partial charge in [-0.25, -0.2) is 0 Å². The van der Waals surface area contributed by atoms with Crippen LogP contribution < -0.4 is 14.2 Å². The molecule has 12 nitrogen and oxygen atoms in total. The maximum absolute atomic E-state index is 11.7. The summed E-state index contributed by atoms with van der Waals surface area (Å²) in [7, 11) is 4.46. The number of hydrogen-bond donors (Lipinski definition) is 3. The first-order valence-electron chi connectivity index (χ1n) is 23.3. The Balaban J connectivity index is 0.000000488. The van der Waals surface area contributed by atoms with Crippen LogP contribution in [0.4, 0.5) is 0 Å². The predicted molar refractivity (Wildman–Crippen MR) is 256 cm³/mol. The van der Waals surface area contributed by atoms with Gasteiger partial charge in [0.2, 0.25) is 0 Å². The molecule has 12 heteroatoms. The van der Waals surface area contributed by atoms with E-state index in [1.54, 1.807) is 36.4 Å². The molecule has 3 aromatic rings. The van der Waals surface area contributed by atoms with Crippen molar-refractivity contribution in [1.29, 1.82) is 0 Å². The molecular weight excluding hydrogens is 829 g/mol. The number of carbonyl (C=O) groups is 3. The third-order valence-electron chi connectivity index (χ3n) is 10.0. The van der Waals surface area contributed by atoms with E-state index in [9.17, 15) is 29.7 Å². The fraction of sp³-hybridized carbons (Fsp3) is 0.566. The number of unbranched alkanes of at least 4 members (excludes halogenated alkanes) is 7. The van der Waals surface area contributed by atoms with Crippen LogP contribution in [0.25, 0.3) is 0 Å². The summed E-state index contributed by atoms with van der Waals surface area (Å²) in [6.45, 7) is 13.8. The number of benzene rings is 3. The van der Waals surface area contributed by atoms with Crippen molar-refractivity contribution in [3.05, 3.63) is 83.4 Å². The zero-order valence-corrected chi connectivity index (χ0v) is 40.8. The van der Waals surface area contributed by atoms with E-state index in [4.69, 9.17) is 28.4 Å². The number of allylic oxidation sites excluding steroid dienone is 2. The lowest BCUT2D eigenvalue weighted by molar-refractivity contribution is -0.146. The number of carbonyl (C=O) groups excluding carboxylic acids is 3. The lowest BCUT2D eigenvalue weighted by Gasteiger charge is -2.08. The maximum Gasteiger partial charge on any atom is 0.306 e. The van der Waals surface area contributed by atoms with E-state index >= 15 is 0 Å². The van der Waals surface area contributed by atoms with Gasteiger partial charge in [-0.05, 0) is 103 Å². The van der Waals surface area contributed by atoms with Crippen LogP contribution in [0.2, 0.25) is 0 Å². The first kappa shape index (κ1) is 57.6. The molecule has 0 saturated heterocycles. The van der Waals surface area contributed by atoms with Crippen molar-refractivity contribution in [3.63, 3.8) is 0 Å². The number of hydrogen-bond acceptors (Lipinski definition) is 12. The molecule has 0 amide bonds. The molecule has 0 aliphatic carbocycles. The van der Waals surface area contributed by atoms with E-state index < -0.39 is 0 Å². The van der Waals surface area contributed by atoms with Crippen LogP contribution in [0.3, 0.4) is 0 Å². The largest absolute Gasteiger partial charge is 0.504 e. The summed E-state index contributed by atoms with van der Waals surface area (Å²) in [6, 6.07) is 14.8. The maximum atomic E-state index is 11.7. The monoisotopic (exact) mass is 909 g/mol. The van der Waals surface area contributed by atoms with Crippen LogP contribution in [0.15, 0.2) is 66.7 Å². The SMILES string of the molecule is COc1cc(COC(=O)CCCC/C=C/C(C)C)ccc1O.COc1cc(COC(=O)CCCCCC(C)C)ccc1O.COc1cc(COC(=O)CCCCCCC(C)C)ccc1O. The highest BCUT2D eigenvalue weighted by Gasteiger charge is 2.10. The molecule has 0 aliphatic heterocycles. The molecule has 0 aliphatic rings. The number of aromatic hydroxyl groups is 3. The van der Waals surface area contributed by atoms with Gasteiger partial charge < -0.3 is 43.7 Å². The normalized spacial score (nSPS) is 10.8. The summed E-state index contributed by atoms with van der Waals surface area (Å²) in [6.07, 6.45) is 18.5. The summed E-state index contributed by atoms with van der Waals surface area (Å²) in [5, 5.41) is 28.5. The number of esters is 3. The van der Waals surface area contributed by atoms with Gasteiger partial charge in [0.1, 0.15) is 19.8 Å². The van der Waals surface area contributed by atoms with Crippen molar-refractivity contribution in [2.45, 2.75) is 158 Å². The van der Waals surface area contributed by atoms with Crippen molar-refractivity contribution < 1.29 is 58.1 Å². The molecule has 0 unspecified atom stereocenters. The highest BCUT2D eigenvalue weighted by Crippen LogP contribution is 2.28. The Hall–Kier alpha value is -5.39. The van der Waals surface area contributed by atoms with Crippen LogP contribution in [-0.2, 0) is 48.4 Å². The average molecular weight is 909 g/mol. The highest BCUT2D eigenvalue weighted by atomic mass is 16.5. The predicted octanol–water partition coefficient (Wildman–Crippen LogP) is 12.7. The van der Waals surface area contributed by atoms with Crippen molar-refractivity contribution in [3.8, 4) is 34.5 Å². The minimum absolute atomic E-state index is 0.0760. The van der Waals surface area contributed by atoms with Gasteiger partial charge in [0.25, 0.3) is 0 Å². The highest BCUT2D eigenvalue weighted by molar-refractivity contribution is 5.70. The van der Waals surface area contributed by atoms with Crippen LogP contribution in [0, 0.1) is 17.8 Å². The fourth-order valence-corrected chi connectivity index (χ4v) is 6.22. The number of rotatable bonds is 28. The Morgan fingerprint density at radius 2 is 0.800 bits per heavy atom. The molecule has 364 valence electrons. The summed E-state index contributed by atoms with van der Waals surface area (Å²) >= 11 is 0. The van der Waals surface area contributed by atoms with Gasteiger partial charge in [0.05, 0.1) is 21.3 Å². The first-order chi connectivity index (χ1) is 31.1. The van der Waals surface area contributed by atoms with Crippen molar-refractivity contribution in [2.24, 2.45) is 17.8 Å². The second-order valence-electron chi connectivity index (χ2n) is 17.3. The smallest absolute Gasteiger partial charge is 0.306 e. The summed E-state index contributed by atoms with van der Waals surface area (Å²) in [5.74, 6) is 2.91. The van der Waals surface area contributed by atoms with Gasteiger partial charge in [-0.2, -0.15) is 0 Å². The van der Waals surface area contributed by atoms with Crippen LogP contribution in [-0.4, -0.2) is 54.6 Å². The van der Waals surface area contributed by atoms with Crippen molar-refractivity contribution in [2.75, 3.05) is 21.3 Å². The van der Waals surface area contributed by atoms with Crippen LogP contribution >= 0.6 is 0 Å². The van der Waals surface area contributed by atoms with E-state index in [1.165, 1.54) is 71.6 Å². The number of ether oxygens (including phenoxy) is 6. The molecule has 0 heterocycles. The fourth-order valence-electron chi connectivity index (χ4n) is 6.22. The van der Waals surface area contributed by atoms with Gasteiger partial charge in [-0.3, -0.25) is 14.4 Å². The van der Waals surface area contributed by atoms with E-state index in [0.717, 1.165) is 73.5 Å². The Kier molecular flexibility index (Phi) is 31.0. The summed E-state index contributed by atoms with van der Waals surface area (Å²) in [5.41, 5.74) is 2.40. The van der Waals surface area contributed by atoms with Gasteiger partial charge >= 0.3 is 17.9 Å². The number of methoxy groups -OCH3 is 3. The molecule has 3 rings (SSSR count). The van der Waals surface area contributed by atoms with Gasteiger partial charge in [0.15, 0.2) is 34.5 Å². The van der Waals surface area contributed by atoms with Crippen molar-refractivity contribution >= 4 is 17.9 Å². The van der Waals surface area contributed by atoms with Crippen molar-refractivity contribution in [1.82, 2.24) is 0 Å². The minimum atomic E-state index is -0.195. The van der Waals surface area contributed by atoms with E-state index in [-0.39, 0.29) is 55.0 Å². The zero-order chi connectivity index (χ0) is 48.4. The molecule has 0 aromatic heterocycles. The van der Waals surface area contributed by atoms with Crippen LogP contribution in [0.1, 0.15) is 155 Å². The number of phenols is 3. The van der Waals surface area contributed by atoms with E-state index in [1.807, 2.05) is 0 Å². The first-order valence-corrected chi connectivity index (χ1v) is 23.3. The Bertz CT molecular complexity index is 1800. The van der Waals surface area contributed by atoms with Crippen LogP contribution in [0.5, 0.6) is 34.5 Å². The molecule has 3 N–H and O–H groups in total. The lowest BCUT2D eigenvalue weighted by Crippen LogP contribution is -2.04. The van der Waals surface area contributed by atoms with E-state index in [0.29, 0.717) is 42.4 Å². The molecule has 3 aromatic carbocycles. The Morgan fingerprint density at radius 3 is 1.12 bits per heavy atom. The Morgan fingerprint density at radius 1 is 0.477 bits per heavy atom. The molecule has 0 bridgehead atoms. The molecule has 65 heavy (non-hydrogen) atoms.